The first kappa shape index (κ1) is 15.2. The van der Waals surface area contributed by atoms with Gasteiger partial charge in [0.05, 0.1) is 17.7 Å². The summed E-state index contributed by atoms with van der Waals surface area (Å²) in [7, 11) is 0. The minimum absolute atomic E-state index is 0.0761. The molecule has 0 fully saturated rings. The van der Waals surface area contributed by atoms with Gasteiger partial charge in [-0.1, -0.05) is 19.9 Å². The second-order valence-corrected chi connectivity index (χ2v) is 4.91. The van der Waals surface area contributed by atoms with Crippen LogP contribution in [-0.2, 0) is 11.2 Å². The summed E-state index contributed by atoms with van der Waals surface area (Å²) in [4.78, 5) is 23.3. The number of aryl methyl sites for hydroxylation is 1. The predicted molar refractivity (Wildman–Crippen MR) is 72.6 cm³/mol. The van der Waals surface area contributed by atoms with E-state index in [0.717, 1.165) is 5.56 Å². The maximum Gasteiger partial charge on any atom is 0.339 e. The summed E-state index contributed by atoms with van der Waals surface area (Å²) >= 11 is 0. The van der Waals surface area contributed by atoms with Gasteiger partial charge in [0.25, 0.3) is 0 Å². The molecule has 1 rings (SSSR count). The average Bonchev–Trinajstić information content (AvgIpc) is 2.30. The van der Waals surface area contributed by atoms with Crippen LogP contribution in [0, 0.1) is 12.8 Å². The first-order valence-corrected chi connectivity index (χ1v) is 6.41. The van der Waals surface area contributed by atoms with Gasteiger partial charge >= 0.3 is 11.9 Å². The maximum absolute atomic E-state index is 11.8. The van der Waals surface area contributed by atoms with Crippen molar-refractivity contribution in [1.29, 1.82) is 0 Å². The van der Waals surface area contributed by atoms with Gasteiger partial charge in [-0.05, 0) is 43.4 Å². The molecule has 0 bridgehead atoms. The Labute approximate surface area is 113 Å². The summed E-state index contributed by atoms with van der Waals surface area (Å²) < 4.78 is 4.92. The highest BCUT2D eigenvalue weighted by atomic mass is 16.5. The van der Waals surface area contributed by atoms with Crippen molar-refractivity contribution >= 4 is 11.9 Å². The van der Waals surface area contributed by atoms with E-state index in [2.05, 4.69) is 0 Å². The molecule has 1 aromatic carbocycles. The smallest absolute Gasteiger partial charge is 0.339 e. The zero-order valence-corrected chi connectivity index (χ0v) is 11.8. The van der Waals surface area contributed by atoms with E-state index in [-0.39, 0.29) is 17.7 Å². The topological polar surface area (TPSA) is 63.6 Å². The average molecular weight is 264 g/mol. The fourth-order valence-corrected chi connectivity index (χ4v) is 2.05. The second kappa shape index (κ2) is 6.36. The van der Waals surface area contributed by atoms with Gasteiger partial charge in [0.15, 0.2) is 0 Å². The third-order valence-corrected chi connectivity index (χ3v) is 2.87. The van der Waals surface area contributed by atoms with Gasteiger partial charge < -0.3 is 9.84 Å². The molecule has 0 unspecified atom stereocenters. The van der Waals surface area contributed by atoms with Crippen molar-refractivity contribution in [2.75, 3.05) is 6.61 Å². The molecule has 0 aliphatic rings. The molecule has 0 heterocycles. The van der Waals surface area contributed by atoms with E-state index in [0.29, 0.717) is 17.9 Å². The Bertz CT molecular complexity index is 489. The molecule has 1 aromatic rings. The van der Waals surface area contributed by atoms with Crippen LogP contribution < -0.4 is 0 Å². The first-order valence-electron chi connectivity index (χ1n) is 6.41. The van der Waals surface area contributed by atoms with Crippen LogP contribution in [0.1, 0.15) is 52.6 Å². The van der Waals surface area contributed by atoms with E-state index in [9.17, 15) is 14.7 Å². The van der Waals surface area contributed by atoms with Gasteiger partial charge in [0.1, 0.15) is 0 Å². The molecule has 0 aromatic heterocycles. The van der Waals surface area contributed by atoms with Crippen molar-refractivity contribution in [3.63, 3.8) is 0 Å². The molecule has 4 heteroatoms. The molecule has 0 radical (unpaired) electrons. The summed E-state index contributed by atoms with van der Waals surface area (Å²) in [6.07, 6.45) is 0.626. The van der Waals surface area contributed by atoms with Crippen LogP contribution in [0.5, 0.6) is 0 Å². The summed E-state index contributed by atoms with van der Waals surface area (Å²) in [5.74, 6) is -1.35. The molecule has 0 aliphatic carbocycles. The quantitative estimate of drug-likeness (QED) is 0.830. The number of hydrogen-bond donors (Lipinski definition) is 1. The highest BCUT2D eigenvalue weighted by Gasteiger charge is 2.23. The normalized spacial score (nSPS) is 10.6. The van der Waals surface area contributed by atoms with E-state index < -0.39 is 11.9 Å². The SMILES string of the molecule is CCOC(=O)c1ccc(C)c(CC(C)C)c1C(=O)O. The third-order valence-electron chi connectivity index (χ3n) is 2.87. The van der Waals surface area contributed by atoms with Gasteiger partial charge in [0, 0.05) is 0 Å². The standard InChI is InChI=1S/C15H20O4/c1-5-19-15(18)11-7-6-10(4)12(8-9(2)3)13(11)14(16)17/h6-7,9H,5,8H2,1-4H3,(H,16,17). The molecule has 0 spiro atoms. The van der Waals surface area contributed by atoms with Crippen LogP contribution >= 0.6 is 0 Å². The van der Waals surface area contributed by atoms with Crippen LogP contribution in [0.3, 0.4) is 0 Å². The minimum Gasteiger partial charge on any atom is -0.478 e. The van der Waals surface area contributed by atoms with E-state index in [4.69, 9.17) is 4.74 Å². The van der Waals surface area contributed by atoms with Crippen molar-refractivity contribution in [3.05, 3.63) is 34.4 Å². The number of rotatable bonds is 5. The summed E-state index contributed by atoms with van der Waals surface area (Å²) in [5, 5.41) is 9.39. The molecule has 0 saturated carbocycles. The largest absolute Gasteiger partial charge is 0.478 e. The fourth-order valence-electron chi connectivity index (χ4n) is 2.05. The fraction of sp³-hybridized carbons (Fsp3) is 0.467. The second-order valence-electron chi connectivity index (χ2n) is 4.91. The van der Waals surface area contributed by atoms with Crippen LogP contribution in [0.4, 0.5) is 0 Å². The number of carboxylic acids is 1. The van der Waals surface area contributed by atoms with Crippen molar-refractivity contribution in [2.24, 2.45) is 5.92 Å². The zero-order valence-electron chi connectivity index (χ0n) is 11.8. The van der Waals surface area contributed by atoms with Crippen LogP contribution in [0.15, 0.2) is 12.1 Å². The van der Waals surface area contributed by atoms with Crippen molar-refractivity contribution in [1.82, 2.24) is 0 Å². The van der Waals surface area contributed by atoms with Crippen molar-refractivity contribution < 1.29 is 19.4 Å². The van der Waals surface area contributed by atoms with Gasteiger partial charge in [-0.15, -0.1) is 0 Å². The van der Waals surface area contributed by atoms with E-state index in [1.807, 2.05) is 20.8 Å². The Hall–Kier alpha value is -1.84. The minimum atomic E-state index is -1.08. The maximum atomic E-state index is 11.8. The highest BCUT2D eigenvalue weighted by molar-refractivity contribution is 6.03. The lowest BCUT2D eigenvalue weighted by molar-refractivity contribution is 0.0514. The Morgan fingerprint density at radius 2 is 1.95 bits per heavy atom. The monoisotopic (exact) mass is 264 g/mol. The van der Waals surface area contributed by atoms with E-state index >= 15 is 0 Å². The first-order chi connectivity index (χ1) is 8.88. The summed E-state index contributed by atoms with van der Waals surface area (Å²) in [6, 6.07) is 3.30. The number of benzene rings is 1. The summed E-state index contributed by atoms with van der Waals surface area (Å²) in [6.45, 7) is 7.82. The number of carbonyl (C=O) groups is 2. The molecule has 0 atom stereocenters. The lowest BCUT2D eigenvalue weighted by Gasteiger charge is -2.15. The van der Waals surface area contributed by atoms with E-state index in [1.165, 1.54) is 6.07 Å². The van der Waals surface area contributed by atoms with Crippen LogP contribution in [0.2, 0.25) is 0 Å². The molecular formula is C15H20O4. The Morgan fingerprint density at radius 3 is 2.42 bits per heavy atom. The molecule has 4 nitrogen and oxygen atoms in total. The number of ether oxygens (including phenoxy) is 1. The molecule has 104 valence electrons. The number of carbonyl (C=O) groups excluding carboxylic acids is 1. The van der Waals surface area contributed by atoms with Gasteiger partial charge in [-0.2, -0.15) is 0 Å². The number of aromatic carboxylic acids is 1. The van der Waals surface area contributed by atoms with Gasteiger partial charge in [-0.3, -0.25) is 0 Å². The molecule has 19 heavy (non-hydrogen) atoms. The highest BCUT2D eigenvalue weighted by Crippen LogP contribution is 2.23. The third kappa shape index (κ3) is 3.56. The Balaban J connectivity index is 3.40. The van der Waals surface area contributed by atoms with E-state index in [1.54, 1.807) is 13.0 Å². The van der Waals surface area contributed by atoms with Crippen LogP contribution in [-0.4, -0.2) is 23.7 Å². The Morgan fingerprint density at radius 1 is 1.32 bits per heavy atom. The van der Waals surface area contributed by atoms with Crippen molar-refractivity contribution in [3.8, 4) is 0 Å². The molecule has 0 saturated heterocycles. The lowest BCUT2D eigenvalue weighted by atomic mass is 9.90. The number of hydrogen-bond acceptors (Lipinski definition) is 3. The number of esters is 1. The predicted octanol–water partition coefficient (Wildman–Crippen LogP) is 3.07. The molecule has 0 amide bonds. The Kier molecular flexibility index (Phi) is 5.10. The van der Waals surface area contributed by atoms with Gasteiger partial charge in [0.2, 0.25) is 0 Å². The van der Waals surface area contributed by atoms with Crippen LogP contribution in [0.25, 0.3) is 0 Å². The number of carboxylic acid groups (broad SMARTS) is 1. The van der Waals surface area contributed by atoms with Gasteiger partial charge in [-0.25, -0.2) is 9.59 Å². The summed E-state index contributed by atoms with van der Waals surface area (Å²) in [5.41, 5.74) is 1.81. The molecule has 1 N–H and O–H groups in total. The molecule has 0 aliphatic heterocycles. The molecular weight excluding hydrogens is 244 g/mol. The van der Waals surface area contributed by atoms with Crippen molar-refractivity contribution in [2.45, 2.75) is 34.1 Å². The zero-order chi connectivity index (χ0) is 14.6. The lowest BCUT2D eigenvalue weighted by Crippen LogP contribution is -2.16.